The molecule has 0 aliphatic carbocycles. The van der Waals surface area contributed by atoms with Crippen molar-refractivity contribution in [1.29, 1.82) is 0 Å². The van der Waals surface area contributed by atoms with Crippen LogP contribution in [0.25, 0.3) is 0 Å². The van der Waals surface area contributed by atoms with Gasteiger partial charge in [-0.1, -0.05) is 6.92 Å². The van der Waals surface area contributed by atoms with Gasteiger partial charge < -0.3 is 10.1 Å². The van der Waals surface area contributed by atoms with E-state index in [1.54, 1.807) is 0 Å². The van der Waals surface area contributed by atoms with Crippen LogP contribution >= 0.6 is 27.3 Å². The number of hydrogen-bond acceptors (Lipinski definition) is 3. The summed E-state index contributed by atoms with van der Waals surface area (Å²) in [5.41, 5.74) is 0. The van der Waals surface area contributed by atoms with Crippen molar-refractivity contribution < 1.29 is 4.74 Å². The maximum absolute atomic E-state index is 5.80. The molecule has 1 aliphatic heterocycles. The number of nitrogens with one attached hydrogen (secondary N) is 1. The zero-order valence-corrected chi connectivity index (χ0v) is 11.9. The summed E-state index contributed by atoms with van der Waals surface area (Å²) in [5.74, 6) is 0. The molecule has 2 atom stereocenters. The Morgan fingerprint density at radius 3 is 3.06 bits per heavy atom. The van der Waals surface area contributed by atoms with E-state index in [-0.39, 0.29) is 0 Å². The van der Waals surface area contributed by atoms with Crippen LogP contribution in [0.5, 0.6) is 0 Å². The fourth-order valence-electron chi connectivity index (χ4n) is 2.08. The van der Waals surface area contributed by atoms with E-state index in [9.17, 15) is 0 Å². The Hall–Kier alpha value is 0.1000. The van der Waals surface area contributed by atoms with Crippen molar-refractivity contribution in [2.75, 3.05) is 13.2 Å². The first-order valence-corrected chi connectivity index (χ1v) is 7.52. The molecule has 1 aromatic rings. The molecule has 0 aromatic carbocycles. The lowest BCUT2D eigenvalue weighted by molar-refractivity contribution is 0.0793. The molecule has 0 radical (unpaired) electrons. The van der Waals surface area contributed by atoms with Crippen molar-refractivity contribution in [3.8, 4) is 0 Å². The van der Waals surface area contributed by atoms with Gasteiger partial charge in [-0.15, -0.1) is 11.3 Å². The summed E-state index contributed by atoms with van der Waals surface area (Å²) >= 11 is 5.33. The Kier molecular flexibility index (Phi) is 4.82. The van der Waals surface area contributed by atoms with E-state index in [1.165, 1.54) is 21.5 Å². The topological polar surface area (TPSA) is 21.3 Å². The third-order valence-corrected chi connectivity index (χ3v) is 4.56. The molecule has 1 aromatic heterocycles. The van der Waals surface area contributed by atoms with Gasteiger partial charge in [0.2, 0.25) is 0 Å². The third kappa shape index (κ3) is 3.06. The van der Waals surface area contributed by atoms with Gasteiger partial charge in [-0.2, -0.15) is 0 Å². The molecule has 16 heavy (non-hydrogen) atoms. The predicted octanol–water partition coefficient (Wildman–Crippen LogP) is 3.73. The summed E-state index contributed by atoms with van der Waals surface area (Å²) in [4.78, 5) is 1.38. The van der Waals surface area contributed by atoms with Gasteiger partial charge in [-0.3, -0.25) is 0 Å². The predicted molar refractivity (Wildman–Crippen MR) is 72.0 cm³/mol. The van der Waals surface area contributed by atoms with Gasteiger partial charge in [0, 0.05) is 11.5 Å². The molecule has 2 rings (SSSR count). The van der Waals surface area contributed by atoms with Crippen molar-refractivity contribution in [2.45, 2.75) is 38.3 Å². The van der Waals surface area contributed by atoms with E-state index in [0.29, 0.717) is 12.1 Å². The van der Waals surface area contributed by atoms with Crippen LogP contribution in [-0.4, -0.2) is 19.3 Å². The first-order valence-electron chi connectivity index (χ1n) is 5.91. The molecule has 0 saturated carbocycles. The van der Waals surface area contributed by atoms with E-state index in [2.05, 4.69) is 40.3 Å². The molecule has 4 heteroatoms. The Morgan fingerprint density at radius 1 is 1.62 bits per heavy atom. The number of hydrogen-bond donors (Lipinski definition) is 1. The molecule has 1 aliphatic rings. The quantitative estimate of drug-likeness (QED) is 0.895. The van der Waals surface area contributed by atoms with Gasteiger partial charge >= 0.3 is 0 Å². The van der Waals surface area contributed by atoms with Crippen LogP contribution in [0.4, 0.5) is 0 Å². The normalized spacial score (nSPS) is 22.5. The highest BCUT2D eigenvalue weighted by Gasteiger charge is 2.27. The van der Waals surface area contributed by atoms with E-state index in [1.807, 2.05) is 11.3 Å². The lowest BCUT2D eigenvalue weighted by Gasteiger charge is -2.23. The average Bonchev–Trinajstić information content (AvgIpc) is 2.91. The maximum atomic E-state index is 5.80. The highest BCUT2D eigenvalue weighted by Crippen LogP contribution is 2.33. The summed E-state index contributed by atoms with van der Waals surface area (Å²) in [6.07, 6.45) is 3.89. The highest BCUT2D eigenvalue weighted by atomic mass is 79.9. The monoisotopic (exact) mass is 303 g/mol. The van der Waals surface area contributed by atoms with Crippen molar-refractivity contribution >= 4 is 27.3 Å². The number of ether oxygens (including phenoxy) is 1. The van der Waals surface area contributed by atoms with E-state index in [0.717, 1.165) is 19.6 Å². The first-order chi connectivity index (χ1) is 7.81. The van der Waals surface area contributed by atoms with Crippen LogP contribution in [-0.2, 0) is 4.74 Å². The van der Waals surface area contributed by atoms with Gasteiger partial charge in [0.15, 0.2) is 0 Å². The number of halogens is 1. The zero-order valence-electron chi connectivity index (χ0n) is 9.54. The van der Waals surface area contributed by atoms with Gasteiger partial charge in [-0.25, -0.2) is 0 Å². The molecule has 0 spiro atoms. The fraction of sp³-hybridized carbons (Fsp3) is 0.667. The molecule has 1 saturated heterocycles. The molecule has 0 bridgehead atoms. The second-order valence-electron chi connectivity index (χ2n) is 4.13. The third-order valence-electron chi connectivity index (χ3n) is 2.85. The van der Waals surface area contributed by atoms with Crippen molar-refractivity contribution in [1.82, 2.24) is 5.32 Å². The summed E-state index contributed by atoms with van der Waals surface area (Å²) in [6.45, 7) is 4.17. The Bertz CT molecular complexity index is 323. The van der Waals surface area contributed by atoms with Crippen LogP contribution in [0.3, 0.4) is 0 Å². The second-order valence-corrected chi connectivity index (χ2v) is 6.62. The van der Waals surface area contributed by atoms with Gasteiger partial charge in [0.1, 0.15) is 0 Å². The van der Waals surface area contributed by atoms with Crippen LogP contribution in [0, 0.1) is 0 Å². The smallest absolute Gasteiger partial charge is 0.0778 e. The molecule has 0 amide bonds. The molecular formula is C12H18BrNOS. The Balaban J connectivity index is 2.06. The van der Waals surface area contributed by atoms with E-state index in [4.69, 9.17) is 4.74 Å². The van der Waals surface area contributed by atoms with Crippen LogP contribution < -0.4 is 5.32 Å². The molecule has 1 fully saturated rings. The average molecular weight is 304 g/mol. The highest BCUT2D eigenvalue weighted by molar-refractivity contribution is 9.11. The number of thiophene rings is 1. The molecule has 90 valence electrons. The summed E-state index contributed by atoms with van der Waals surface area (Å²) < 4.78 is 7.00. The largest absolute Gasteiger partial charge is 0.376 e. The second kappa shape index (κ2) is 6.15. The SMILES string of the molecule is CCCNC(c1ccc(Br)s1)C1CCCO1. The molecule has 2 unspecified atom stereocenters. The van der Waals surface area contributed by atoms with Crippen molar-refractivity contribution in [3.63, 3.8) is 0 Å². The summed E-state index contributed by atoms with van der Waals surface area (Å²) in [6, 6.07) is 4.69. The number of rotatable bonds is 5. The minimum Gasteiger partial charge on any atom is -0.376 e. The minimum atomic E-state index is 0.358. The first kappa shape index (κ1) is 12.6. The zero-order chi connectivity index (χ0) is 11.4. The van der Waals surface area contributed by atoms with Crippen molar-refractivity contribution in [2.24, 2.45) is 0 Å². The van der Waals surface area contributed by atoms with Crippen LogP contribution in [0.2, 0.25) is 0 Å². The summed E-state index contributed by atoms with van der Waals surface area (Å²) in [5, 5.41) is 3.61. The van der Waals surface area contributed by atoms with E-state index >= 15 is 0 Å². The van der Waals surface area contributed by atoms with Gasteiger partial charge in [-0.05, 0) is 53.9 Å². The Morgan fingerprint density at radius 2 is 2.50 bits per heavy atom. The minimum absolute atomic E-state index is 0.358. The van der Waals surface area contributed by atoms with Crippen LogP contribution in [0.15, 0.2) is 15.9 Å². The molecule has 2 nitrogen and oxygen atoms in total. The molecular weight excluding hydrogens is 286 g/mol. The molecule has 2 heterocycles. The Labute approximate surface area is 110 Å². The van der Waals surface area contributed by atoms with Crippen molar-refractivity contribution in [3.05, 3.63) is 20.8 Å². The summed E-state index contributed by atoms with van der Waals surface area (Å²) in [7, 11) is 0. The van der Waals surface area contributed by atoms with Gasteiger partial charge in [0.05, 0.1) is 15.9 Å². The fourth-order valence-corrected chi connectivity index (χ4v) is 3.63. The van der Waals surface area contributed by atoms with Crippen LogP contribution in [0.1, 0.15) is 37.1 Å². The lowest BCUT2D eigenvalue weighted by atomic mass is 10.1. The molecule has 1 N–H and O–H groups in total. The standard InChI is InChI=1S/C12H18BrNOS/c1-2-7-14-12(9-4-3-8-15-9)10-5-6-11(13)16-10/h5-6,9,12,14H,2-4,7-8H2,1H3. The van der Waals surface area contributed by atoms with Gasteiger partial charge in [0.25, 0.3) is 0 Å². The maximum Gasteiger partial charge on any atom is 0.0778 e. The van der Waals surface area contributed by atoms with E-state index < -0.39 is 0 Å². The lowest BCUT2D eigenvalue weighted by Crippen LogP contribution is -2.31.